The lowest BCUT2D eigenvalue weighted by Gasteiger charge is -2.40. The number of benzene rings is 3. The molecule has 1 saturated heterocycles. The van der Waals surface area contributed by atoms with Crippen molar-refractivity contribution in [3.8, 4) is 11.3 Å². The van der Waals surface area contributed by atoms with Crippen LogP contribution < -0.4 is 0 Å². The van der Waals surface area contributed by atoms with Crippen LogP contribution >= 0.6 is 0 Å². The first-order chi connectivity index (χ1) is 18.7. The van der Waals surface area contributed by atoms with Gasteiger partial charge in [-0.3, -0.25) is 9.69 Å². The van der Waals surface area contributed by atoms with Crippen LogP contribution in [0, 0.1) is 0 Å². The molecule has 5 aromatic rings. The second-order valence-corrected chi connectivity index (χ2v) is 9.69. The van der Waals surface area contributed by atoms with Gasteiger partial charge in [-0.15, -0.1) is 0 Å². The maximum atomic E-state index is 13.7. The quantitative estimate of drug-likeness (QED) is 0.308. The summed E-state index contributed by atoms with van der Waals surface area (Å²) in [5, 5.41) is 4.82. The molecule has 0 spiro atoms. The first-order valence-electron chi connectivity index (χ1n) is 13.3. The summed E-state index contributed by atoms with van der Waals surface area (Å²) < 4.78 is 1.84. The van der Waals surface area contributed by atoms with Gasteiger partial charge in [0.2, 0.25) is 0 Å². The number of aromatic nitrogens is 3. The maximum Gasteiger partial charge on any atom is 0.257 e. The zero-order valence-corrected chi connectivity index (χ0v) is 21.6. The lowest BCUT2D eigenvalue weighted by molar-refractivity contribution is 0.0595. The SMILES string of the molecule is CCc1c(C(=O)N2CCN(C(c3ccccc3)c3ccccc3)CC2)cnc2cc(-c3ccccc3)nn12. The van der Waals surface area contributed by atoms with Crippen molar-refractivity contribution < 1.29 is 4.79 Å². The average molecular weight is 502 g/mol. The molecule has 6 nitrogen and oxygen atoms in total. The van der Waals surface area contributed by atoms with Crippen molar-refractivity contribution in [1.82, 2.24) is 24.4 Å². The number of rotatable bonds is 6. The topological polar surface area (TPSA) is 53.7 Å². The summed E-state index contributed by atoms with van der Waals surface area (Å²) in [6, 6.07) is 33.5. The zero-order valence-electron chi connectivity index (χ0n) is 21.6. The average Bonchev–Trinajstić information content (AvgIpc) is 3.43. The van der Waals surface area contributed by atoms with Crippen molar-refractivity contribution in [2.45, 2.75) is 19.4 Å². The van der Waals surface area contributed by atoms with E-state index in [4.69, 9.17) is 5.10 Å². The van der Waals surface area contributed by atoms with E-state index in [2.05, 4.69) is 77.5 Å². The van der Waals surface area contributed by atoms with Gasteiger partial charge in [0, 0.05) is 44.0 Å². The Hall–Kier alpha value is -4.29. The predicted molar refractivity (Wildman–Crippen MR) is 150 cm³/mol. The highest BCUT2D eigenvalue weighted by molar-refractivity contribution is 5.95. The summed E-state index contributed by atoms with van der Waals surface area (Å²) in [6.45, 7) is 5.02. The highest BCUT2D eigenvalue weighted by Gasteiger charge is 2.30. The molecule has 2 aromatic heterocycles. The van der Waals surface area contributed by atoms with Crippen LogP contribution in [0.1, 0.15) is 40.1 Å². The van der Waals surface area contributed by atoms with Gasteiger partial charge in [-0.2, -0.15) is 5.10 Å². The Balaban J connectivity index is 1.24. The second-order valence-electron chi connectivity index (χ2n) is 9.69. The Morgan fingerprint density at radius 2 is 1.39 bits per heavy atom. The molecule has 0 N–H and O–H groups in total. The van der Waals surface area contributed by atoms with Gasteiger partial charge in [-0.25, -0.2) is 9.50 Å². The smallest absolute Gasteiger partial charge is 0.257 e. The Labute approximate surface area is 223 Å². The molecule has 1 amide bonds. The van der Waals surface area contributed by atoms with Crippen molar-refractivity contribution >= 4 is 11.6 Å². The van der Waals surface area contributed by atoms with Crippen molar-refractivity contribution in [2.75, 3.05) is 26.2 Å². The van der Waals surface area contributed by atoms with Crippen LogP contribution in [0.4, 0.5) is 0 Å². The molecule has 3 aromatic carbocycles. The van der Waals surface area contributed by atoms with Crippen LogP contribution in [0.3, 0.4) is 0 Å². The molecule has 190 valence electrons. The predicted octanol–water partition coefficient (Wildman–Crippen LogP) is 5.51. The molecule has 1 fully saturated rings. The van der Waals surface area contributed by atoms with Gasteiger partial charge in [0.05, 0.1) is 23.0 Å². The van der Waals surface area contributed by atoms with E-state index < -0.39 is 0 Å². The van der Waals surface area contributed by atoms with Crippen molar-refractivity contribution in [1.29, 1.82) is 0 Å². The lowest BCUT2D eigenvalue weighted by atomic mass is 9.96. The van der Waals surface area contributed by atoms with Crippen LogP contribution in [0.2, 0.25) is 0 Å². The third kappa shape index (κ3) is 4.59. The standard InChI is InChI=1S/C32H31N5O/c1-2-29-27(23-33-30-22-28(34-37(29)30)24-12-6-3-7-13-24)32(38)36-20-18-35(19-21-36)31(25-14-8-4-9-15-25)26-16-10-5-11-17-26/h3-17,22-23,31H,2,18-21H2,1H3. The second kappa shape index (κ2) is 10.6. The van der Waals surface area contributed by atoms with E-state index in [1.807, 2.05) is 45.8 Å². The van der Waals surface area contributed by atoms with Crippen molar-refractivity contribution in [2.24, 2.45) is 0 Å². The van der Waals surface area contributed by atoms with Crippen LogP contribution in [0.15, 0.2) is 103 Å². The van der Waals surface area contributed by atoms with Gasteiger partial charge >= 0.3 is 0 Å². The summed E-state index contributed by atoms with van der Waals surface area (Å²) in [6.07, 6.45) is 2.43. The summed E-state index contributed by atoms with van der Waals surface area (Å²) in [7, 11) is 0. The number of carbonyl (C=O) groups is 1. The number of aryl methyl sites for hydroxylation is 1. The first kappa shape index (κ1) is 24.1. The number of nitrogens with zero attached hydrogens (tertiary/aromatic N) is 5. The molecule has 1 aliphatic rings. The molecule has 0 bridgehead atoms. The van der Waals surface area contributed by atoms with Crippen LogP contribution in [0.25, 0.3) is 16.9 Å². The minimum absolute atomic E-state index is 0.0311. The number of carbonyl (C=O) groups excluding carboxylic acids is 1. The molecule has 0 atom stereocenters. The maximum absolute atomic E-state index is 13.7. The molecular weight excluding hydrogens is 470 g/mol. The fraction of sp³-hybridized carbons (Fsp3) is 0.219. The highest BCUT2D eigenvalue weighted by atomic mass is 16.2. The van der Waals surface area contributed by atoms with Gasteiger partial charge in [-0.05, 0) is 17.5 Å². The molecule has 0 unspecified atom stereocenters. The summed E-state index contributed by atoms with van der Waals surface area (Å²) >= 11 is 0. The number of piperazine rings is 1. The highest BCUT2D eigenvalue weighted by Crippen LogP contribution is 2.30. The summed E-state index contributed by atoms with van der Waals surface area (Å²) in [4.78, 5) is 22.8. The van der Waals surface area contributed by atoms with E-state index in [0.717, 1.165) is 35.7 Å². The van der Waals surface area contributed by atoms with Crippen LogP contribution in [-0.4, -0.2) is 56.5 Å². The minimum atomic E-state index is 0.0311. The number of hydrogen-bond acceptors (Lipinski definition) is 4. The third-order valence-electron chi connectivity index (χ3n) is 7.42. The number of fused-ring (bicyclic) bond motifs is 1. The summed E-state index contributed by atoms with van der Waals surface area (Å²) in [5.74, 6) is 0.0311. The van der Waals surface area contributed by atoms with E-state index >= 15 is 0 Å². The Bertz CT molecular complexity index is 1480. The fourth-order valence-corrected chi connectivity index (χ4v) is 5.49. The molecule has 38 heavy (non-hydrogen) atoms. The number of hydrogen-bond donors (Lipinski definition) is 0. The van der Waals surface area contributed by atoms with E-state index in [0.29, 0.717) is 25.1 Å². The van der Waals surface area contributed by atoms with Crippen LogP contribution in [0.5, 0.6) is 0 Å². The first-order valence-corrected chi connectivity index (χ1v) is 13.3. The molecule has 0 aliphatic carbocycles. The molecule has 6 rings (SSSR count). The van der Waals surface area contributed by atoms with E-state index in [1.54, 1.807) is 6.20 Å². The van der Waals surface area contributed by atoms with Crippen LogP contribution in [-0.2, 0) is 6.42 Å². The van der Waals surface area contributed by atoms with Crippen molar-refractivity contribution in [3.05, 3.63) is 126 Å². The van der Waals surface area contributed by atoms with E-state index in [9.17, 15) is 4.79 Å². The largest absolute Gasteiger partial charge is 0.336 e. The van der Waals surface area contributed by atoms with Crippen molar-refractivity contribution in [3.63, 3.8) is 0 Å². The Kier molecular flexibility index (Phi) is 6.71. The Morgan fingerprint density at radius 3 is 1.97 bits per heavy atom. The lowest BCUT2D eigenvalue weighted by Crippen LogP contribution is -2.50. The molecule has 0 saturated carbocycles. The molecule has 1 aliphatic heterocycles. The third-order valence-corrected chi connectivity index (χ3v) is 7.42. The van der Waals surface area contributed by atoms with Gasteiger partial charge in [0.1, 0.15) is 0 Å². The Morgan fingerprint density at radius 1 is 0.816 bits per heavy atom. The van der Waals surface area contributed by atoms with Gasteiger partial charge in [0.25, 0.3) is 5.91 Å². The minimum Gasteiger partial charge on any atom is -0.336 e. The molecule has 6 heteroatoms. The molecular formula is C32H31N5O. The van der Waals surface area contributed by atoms with E-state index in [-0.39, 0.29) is 11.9 Å². The van der Waals surface area contributed by atoms with Gasteiger partial charge in [-0.1, -0.05) is 97.9 Å². The van der Waals surface area contributed by atoms with Gasteiger partial charge < -0.3 is 4.90 Å². The van der Waals surface area contributed by atoms with E-state index in [1.165, 1.54) is 11.1 Å². The molecule has 0 radical (unpaired) electrons. The zero-order chi connectivity index (χ0) is 25.9. The van der Waals surface area contributed by atoms with Gasteiger partial charge in [0.15, 0.2) is 5.65 Å². The monoisotopic (exact) mass is 501 g/mol. The fourth-order valence-electron chi connectivity index (χ4n) is 5.49. The normalized spacial score (nSPS) is 14.3. The molecule has 3 heterocycles. The number of amides is 1. The summed E-state index contributed by atoms with van der Waals surface area (Å²) in [5.41, 5.74) is 6.74.